The Morgan fingerprint density at radius 1 is 0.750 bits per heavy atom. The molecule has 212 valence electrons. The van der Waals surface area contributed by atoms with Crippen molar-refractivity contribution in [3.63, 3.8) is 0 Å². The average Bonchev–Trinajstić information content (AvgIpc) is 3.25. The van der Waals surface area contributed by atoms with E-state index in [0.717, 1.165) is 34.4 Å². The van der Waals surface area contributed by atoms with Crippen LogP contribution in [0.4, 0.5) is 13.2 Å². The molecule has 3 aromatic rings. The maximum absolute atomic E-state index is 13.8. The lowest BCUT2D eigenvalue weighted by Crippen LogP contribution is -2.59. The van der Waals surface area contributed by atoms with Gasteiger partial charge in [0, 0.05) is 24.9 Å². The summed E-state index contributed by atoms with van der Waals surface area (Å²) in [7, 11) is 0. The molecule has 0 heterocycles. The van der Waals surface area contributed by atoms with Crippen LogP contribution in [0.15, 0.2) is 66.7 Å². The highest BCUT2D eigenvalue weighted by Crippen LogP contribution is 2.34. The zero-order valence-electron chi connectivity index (χ0n) is 23.9. The van der Waals surface area contributed by atoms with Gasteiger partial charge in [0.05, 0.1) is 5.56 Å². The fraction of sp³-hybridized carbons (Fsp3) is 0.394. The average molecular weight is 551 g/mol. The van der Waals surface area contributed by atoms with Crippen molar-refractivity contribution in [3.05, 3.63) is 106 Å². The molecule has 40 heavy (non-hydrogen) atoms. The van der Waals surface area contributed by atoms with Gasteiger partial charge in [-0.05, 0) is 62.9 Å². The number of hydrogen-bond acceptors (Lipinski definition) is 2. The van der Waals surface area contributed by atoms with Crippen LogP contribution in [0.3, 0.4) is 0 Å². The highest BCUT2D eigenvalue weighted by atomic mass is 19.4. The van der Waals surface area contributed by atoms with E-state index in [-0.39, 0.29) is 36.1 Å². The Bertz CT molecular complexity index is 1370. The van der Waals surface area contributed by atoms with Gasteiger partial charge in [0.15, 0.2) is 0 Å². The summed E-state index contributed by atoms with van der Waals surface area (Å²) in [5, 5.41) is 5.86. The van der Waals surface area contributed by atoms with E-state index in [9.17, 15) is 22.8 Å². The van der Waals surface area contributed by atoms with Crippen LogP contribution in [-0.4, -0.2) is 17.4 Å². The van der Waals surface area contributed by atoms with Gasteiger partial charge in [0.2, 0.25) is 5.91 Å². The lowest BCUT2D eigenvalue weighted by Gasteiger charge is -2.30. The summed E-state index contributed by atoms with van der Waals surface area (Å²) in [5.41, 5.74) is 2.30. The molecular formula is C33H37F3N2O2. The van der Waals surface area contributed by atoms with Crippen LogP contribution in [0.25, 0.3) is 0 Å². The Morgan fingerprint density at radius 2 is 1.30 bits per heavy atom. The number of amides is 2. The second kappa shape index (κ2) is 10.4. The number of carbonyl (C=O) groups is 2. The first-order valence-corrected chi connectivity index (χ1v) is 13.5. The van der Waals surface area contributed by atoms with Crippen molar-refractivity contribution < 1.29 is 22.8 Å². The standard InChI is InChI=1S/C33H37F3N2O2/c1-30(2,3)26-15-24(16-27(17-26)31(4,5)6)28(39)38-32(18-22-11-7-8-12-23(22)19-32)29(40)37-20-21-10-9-13-25(14-21)33(34,35)36/h7-17H,18-20H2,1-6H3,(H,37,40)(H,38,39). The molecular weight excluding hydrogens is 513 g/mol. The van der Waals surface area contributed by atoms with E-state index >= 15 is 0 Å². The molecule has 0 aromatic heterocycles. The molecule has 0 aliphatic heterocycles. The molecule has 0 saturated carbocycles. The molecule has 1 aliphatic rings. The third kappa shape index (κ3) is 6.40. The predicted octanol–water partition coefficient (Wildman–Crippen LogP) is 6.88. The van der Waals surface area contributed by atoms with Gasteiger partial charge < -0.3 is 10.6 Å². The van der Waals surface area contributed by atoms with Crippen molar-refractivity contribution in [2.45, 2.75) is 83.5 Å². The Balaban J connectivity index is 1.65. The molecule has 0 unspecified atom stereocenters. The molecule has 7 heteroatoms. The molecule has 0 atom stereocenters. The normalized spacial score (nSPS) is 14.9. The largest absolute Gasteiger partial charge is 0.416 e. The van der Waals surface area contributed by atoms with E-state index in [4.69, 9.17) is 0 Å². The third-order valence-electron chi connectivity index (χ3n) is 7.52. The molecule has 3 aromatic carbocycles. The minimum Gasteiger partial charge on any atom is -0.350 e. The van der Waals surface area contributed by atoms with E-state index in [1.54, 1.807) is 0 Å². The first-order chi connectivity index (χ1) is 18.5. The monoisotopic (exact) mass is 550 g/mol. The summed E-state index contributed by atoms with van der Waals surface area (Å²) in [6.45, 7) is 12.4. The number of halogens is 3. The van der Waals surface area contributed by atoms with Crippen LogP contribution in [-0.2, 0) is 41.2 Å². The van der Waals surface area contributed by atoms with Gasteiger partial charge in [-0.3, -0.25) is 9.59 Å². The van der Waals surface area contributed by atoms with Crippen LogP contribution in [0.1, 0.15) is 85.3 Å². The number of alkyl halides is 3. The van der Waals surface area contributed by atoms with E-state index in [0.29, 0.717) is 11.1 Å². The van der Waals surface area contributed by atoms with Crippen LogP contribution in [0.5, 0.6) is 0 Å². The Labute approximate surface area is 234 Å². The smallest absolute Gasteiger partial charge is 0.350 e. The zero-order valence-corrected chi connectivity index (χ0v) is 23.9. The number of carbonyl (C=O) groups excluding carboxylic acids is 2. The van der Waals surface area contributed by atoms with E-state index < -0.39 is 23.2 Å². The van der Waals surface area contributed by atoms with Crippen molar-refractivity contribution >= 4 is 11.8 Å². The van der Waals surface area contributed by atoms with Gasteiger partial charge in [-0.2, -0.15) is 13.2 Å². The molecule has 2 amide bonds. The molecule has 0 spiro atoms. The lowest BCUT2D eigenvalue weighted by atomic mass is 9.79. The number of rotatable bonds is 5. The number of benzene rings is 3. The van der Waals surface area contributed by atoms with E-state index in [1.807, 2.05) is 36.4 Å². The molecule has 4 rings (SSSR count). The van der Waals surface area contributed by atoms with Crippen molar-refractivity contribution in [2.75, 3.05) is 0 Å². The summed E-state index contributed by atoms with van der Waals surface area (Å²) < 4.78 is 39.6. The van der Waals surface area contributed by atoms with Gasteiger partial charge in [-0.1, -0.05) is 84.0 Å². The van der Waals surface area contributed by atoms with Crippen LogP contribution in [0.2, 0.25) is 0 Å². The minimum atomic E-state index is -4.48. The van der Waals surface area contributed by atoms with Gasteiger partial charge in [0.25, 0.3) is 5.91 Å². The molecule has 0 fully saturated rings. The molecule has 2 N–H and O–H groups in total. The fourth-order valence-corrected chi connectivity index (χ4v) is 5.04. The highest BCUT2D eigenvalue weighted by Gasteiger charge is 2.45. The van der Waals surface area contributed by atoms with Crippen LogP contribution >= 0.6 is 0 Å². The summed E-state index contributed by atoms with van der Waals surface area (Å²) in [6, 6.07) is 18.4. The molecule has 1 aliphatic carbocycles. The Kier molecular flexibility index (Phi) is 7.65. The van der Waals surface area contributed by atoms with Gasteiger partial charge >= 0.3 is 6.18 Å². The van der Waals surface area contributed by atoms with Crippen LogP contribution < -0.4 is 10.6 Å². The minimum absolute atomic E-state index is 0.0929. The maximum atomic E-state index is 13.8. The molecule has 0 radical (unpaired) electrons. The maximum Gasteiger partial charge on any atom is 0.416 e. The number of hydrogen-bond donors (Lipinski definition) is 2. The highest BCUT2D eigenvalue weighted by molar-refractivity contribution is 6.00. The molecule has 0 bridgehead atoms. The van der Waals surface area contributed by atoms with E-state index in [2.05, 4.69) is 58.2 Å². The second-order valence-corrected chi connectivity index (χ2v) is 12.8. The first kappa shape index (κ1) is 29.4. The second-order valence-electron chi connectivity index (χ2n) is 12.8. The SMILES string of the molecule is CC(C)(C)c1cc(C(=O)NC2(C(=O)NCc3cccc(C(F)(F)F)c3)Cc3ccccc3C2)cc(C(C)(C)C)c1. The number of fused-ring (bicyclic) bond motifs is 1. The summed E-state index contributed by atoms with van der Waals surface area (Å²) in [5.74, 6) is -0.795. The van der Waals surface area contributed by atoms with Gasteiger partial charge in [-0.15, -0.1) is 0 Å². The molecule has 0 saturated heterocycles. The summed E-state index contributed by atoms with van der Waals surface area (Å²) in [4.78, 5) is 27.6. The fourth-order valence-electron chi connectivity index (χ4n) is 5.04. The van der Waals surface area contributed by atoms with Crippen molar-refractivity contribution in [3.8, 4) is 0 Å². The first-order valence-electron chi connectivity index (χ1n) is 13.5. The zero-order chi connectivity index (χ0) is 29.5. The van der Waals surface area contributed by atoms with Gasteiger partial charge in [-0.25, -0.2) is 0 Å². The Morgan fingerprint density at radius 3 is 1.80 bits per heavy atom. The van der Waals surface area contributed by atoms with Gasteiger partial charge in [0.1, 0.15) is 5.54 Å². The van der Waals surface area contributed by atoms with E-state index in [1.165, 1.54) is 12.1 Å². The van der Waals surface area contributed by atoms with Crippen molar-refractivity contribution in [1.29, 1.82) is 0 Å². The summed E-state index contributed by atoms with van der Waals surface area (Å²) >= 11 is 0. The summed E-state index contributed by atoms with van der Waals surface area (Å²) in [6.07, 6.45) is -3.90. The molecule has 4 nitrogen and oxygen atoms in total. The Hall–Kier alpha value is -3.61. The number of nitrogens with one attached hydrogen (secondary N) is 2. The third-order valence-corrected chi connectivity index (χ3v) is 7.52. The van der Waals surface area contributed by atoms with Crippen LogP contribution in [0, 0.1) is 0 Å². The van der Waals surface area contributed by atoms with Crippen molar-refractivity contribution in [2.24, 2.45) is 0 Å². The quantitative estimate of drug-likeness (QED) is 0.364. The topological polar surface area (TPSA) is 58.2 Å². The predicted molar refractivity (Wildman–Crippen MR) is 151 cm³/mol. The van der Waals surface area contributed by atoms with Crippen molar-refractivity contribution in [1.82, 2.24) is 10.6 Å². The lowest BCUT2D eigenvalue weighted by molar-refractivity contribution is -0.137.